The van der Waals surface area contributed by atoms with E-state index in [1.54, 1.807) is 18.5 Å². The van der Waals surface area contributed by atoms with Crippen molar-refractivity contribution in [1.82, 2.24) is 25.3 Å². The van der Waals surface area contributed by atoms with Gasteiger partial charge in [-0.3, -0.25) is 14.8 Å². The maximum Gasteiger partial charge on any atom is 0.251 e. The molecule has 6 heteroatoms. The first kappa shape index (κ1) is 17.7. The van der Waals surface area contributed by atoms with Crippen LogP contribution in [0.25, 0.3) is 11.3 Å². The number of aromatic nitrogens is 4. The van der Waals surface area contributed by atoms with Gasteiger partial charge in [-0.1, -0.05) is 19.1 Å². The summed E-state index contributed by atoms with van der Waals surface area (Å²) in [7, 11) is 0. The number of benzene rings is 1. The summed E-state index contributed by atoms with van der Waals surface area (Å²) in [5.41, 5.74) is 4.86. The molecule has 1 aromatic carbocycles. The van der Waals surface area contributed by atoms with Gasteiger partial charge >= 0.3 is 0 Å². The van der Waals surface area contributed by atoms with Crippen molar-refractivity contribution < 1.29 is 4.79 Å². The lowest BCUT2D eigenvalue weighted by Gasteiger charge is -2.08. The van der Waals surface area contributed by atoms with Gasteiger partial charge in [0.25, 0.3) is 5.91 Å². The van der Waals surface area contributed by atoms with E-state index in [1.807, 2.05) is 38.1 Å². The highest BCUT2D eigenvalue weighted by molar-refractivity contribution is 5.95. The van der Waals surface area contributed by atoms with Crippen LogP contribution in [0.1, 0.15) is 40.2 Å². The number of rotatable bonds is 5. The highest BCUT2D eigenvalue weighted by atomic mass is 16.1. The fourth-order valence-electron chi connectivity index (χ4n) is 2.56. The number of nitrogens with one attached hydrogen (secondary N) is 1. The molecule has 1 N–H and O–H groups in total. The lowest BCUT2D eigenvalue weighted by molar-refractivity contribution is 0.0950. The van der Waals surface area contributed by atoms with E-state index in [-0.39, 0.29) is 5.91 Å². The van der Waals surface area contributed by atoms with Gasteiger partial charge in [-0.05, 0) is 38.5 Å². The van der Waals surface area contributed by atoms with Crippen LogP contribution in [0.3, 0.4) is 0 Å². The lowest BCUT2D eigenvalue weighted by Crippen LogP contribution is -2.23. The minimum Gasteiger partial charge on any atom is -0.346 e. The van der Waals surface area contributed by atoms with Gasteiger partial charge in [0, 0.05) is 23.0 Å². The van der Waals surface area contributed by atoms with Crippen molar-refractivity contribution in [3.8, 4) is 11.3 Å². The van der Waals surface area contributed by atoms with E-state index in [2.05, 4.69) is 32.2 Å². The third-order valence-corrected chi connectivity index (χ3v) is 3.94. The predicted octanol–water partition coefficient (Wildman–Crippen LogP) is 3.04. The molecule has 0 fully saturated rings. The van der Waals surface area contributed by atoms with Gasteiger partial charge < -0.3 is 5.32 Å². The third-order valence-electron chi connectivity index (χ3n) is 3.94. The van der Waals surface area contributed by atoms with Gasteiger partial charge in [0.05, 0.1) is 29.8 Å². The molecule has 0 radical (unpaired) electrons. The lowest BCUT2D eigenvalue weighted by atomic mass is 10.1. The van der Waals surface area contributed by atoms with E-state index in [4.69, 9.17) is 0 Å². The fraction of sp³-hybridized carbons (Fsp3) is 0.250. The molecule has 0 saturated heterocycles. The first-order valence-electron chi connectivity index (χ1n) is 8.56. The average molecular weight is 347 g/mol. The van der Waals surface area contributed by atoms with E-state index < -0.39 is 0 Å². The molecule has 2 aromatic heterocycles. The Labute approximate surface area is 152 Å². The molecule has 0 spiro atoms. The minimum atomic E-state index is -0.157. The highest BCUT2D eigenvalue weighted by Crippen LogP contribution is 2.19. The quantitative estimate of drug-likeness (QED) is 0.767. The molecule has 0 unspecified atom stereocenters. The van der Waals surface area contributed by atoms with Gasteiger partial charge in [-0.25, -0.2) is 9.97 Å². The maximum atomic E-state index is 12.5. The molecular weight excluding hydrogens is 326 g/mol. The fourth-order valence-corrected chi connectivity index (χ4v) is 2.56. The molecule has 1 amide bonds. The van der Waals surface area contributed by atoms with Crippen LogP contribution >= 0.6 is 0 Å². The molecule has 3 rings (SSSR count). The molecule has 6 nitrogen and oxygen atoms in total. The van der Waals surface area contributed by atoms with Crippen LogP contribution < -0.4 is 5.32 Å². The smallest absolute Gasteiger partial charge is 0.251 e. The Morgan fingerprint density at radius 2 is 1.88 bits per heavy atom. The zero-order chi connectivity index (χ0) is 18.5. The molecule has 0 saturated carbocycles. The topological polar surface area (TPSA) is 80.7 Å². The van der Waals surface area contributed by atoms with Gasteiger partial charge in [0.15, 0.2) is 0 Å². The van der Waals surface area contributed by atoms with Crippen molar-refractivity contribution in [3.05, 3.63) is 71.2 Å². The zero-order valence-corrected chi connectivity index (χ0v) is 15.2. The van der Waals surface area contributed by atoms with E-state index in [0.717, 1.165) is 40.6 Å². The number of amides is 1. The van der Waals surface area contributed by atoms with Gasteiger partial charge in [-0.15, -0.1) is 0 Å². The van der Waals surface area contributed by atoms with E-state index >= 15 is 0 Å². The standard InChI is InChI=1S/C20H21N5O/c1-4-17-9-19(25-14(3)24-17)15-6-5-7-16(8-15)20(26)23-12-18-11-21-13(2)10-22-18/h5-11H,4,12H2,1-3H3,(H,23,26). The van der Waals surface area contributed by atoms with E-state index in [1.165, 1.54) is 0 Å². The Morgan fingerprint density at radius 3 is 2.62 bits per heavy atom. The van der Waals surface area contributed by atoms with Crippen LogP contribution in [0.2, 0.25) is 0 Å². The molecular formula is C20H21N5O. The second-order valence-corrected chi connectivity index (χ2v) is 6.06. The number of carbonyl (C=O) groups excluding carboxylic acids is 1. The van der Waals surface area contributed by atoms with Gasteiger partial charge in [0.1, 0.15) is 5.82 Å². The Morgan fingerprint density at radius 1 is 1.04 bits per heavy atom. The number of carbonyl (C=O) groups is 1. The summed E-state index contributed by atoms with van der Waals surface area (Å²) >= 11 is 0. The molecule has 0 aliphatic rings. The van der Waals surface area contributed by atoms with Crippen molar-refractivity contribution in [2.24, 2.45) is 0 Å². The van der Waals surface area contributed by atoms with Crippen LogP contribution in [-0.4, -0.2) is 25.8 Å². The number of hydrogen-bond donors (Lipinski definition) is 1. The van der Waals surface area contributed by atoms with Crippen molar-refractivity contribution in [2.45, 2.75) is 33.7 Å². The Bertz CT molecular complexity index is 922. The summed E-state index contributed by atoms with van der Waals surface area (Å²) in [6.45, 7) is 6.15. The molecule has 0 bridgehead atoms. The Kier molecular flexibility index (Phi) is 5.31. The zero-order valence-electron chi connectivity index (χ0n) is 15.2. The minimum absolute atomic E-state index is 0.157. The average Bonchev–Trinajstić information content (AvgIpc) is 2.67. The number of hydrogen-bond acceptors (Lipinski definition) is 5. The second-order valence-electron chi connectivity index (χ2n) is 6.06. The molecule has 0 aliphatic carbocycles. The summed E-state index contributed by atoms with van der Waals surface area (Å²) in [6.07, 6.45) is 4.20. The molecule has 132 valence electrons. The van der Waals surface area contributed by atoms with Crippen molar-refractivity contribution in [1.29, 1.82) is 0 Å². The molecule has 0 atom stereocenters. The van der Waals surface area contributed by atoms with Crippen molar-refractivity contribution in [3.63, 3.8) is 0 Å². The SMILES string of the molecule is CCc1cc(-c2cccc(C(=O)NCc3cnc(C)cn3)c2)nc(C)n1. The van der Waals surface area contributed by atoms with E-state index in [9.17, 15) is 4.79 Å². The van der Waals surface area contributed by atoms with Crippen LogP contribution in [-0.2, 0) is 13.0 Å². The first-order chi connectivity index (χ1) is 12.5. The summed E-state index contributed by atoms with van der Waals surface area (Å²) < 4.78 is 0. The molecule has 2 heterocycles. The molecule has 3 aromatic rings. The van der Waals surface area contributed by atoms with Crippen LogP contribution in [0.15, 0.2) is 42.7 Å². The Hall–Kier alpha value is -3.15. The highest BCUT2D eigenvalue weighted by Gasteiger charge is 2.09. The molecule has 0 aliphatic heterocycles. The van der Waals surface area contributed by atoms with Gasteiger partial charge in [-0.2, -0.15) is 0 Å². The second kappa shape index (κ2) is 7.82. The summed E-state index contributed by atoms with van der Waals surface area (Å²) in [5.74, 6) is 0.572. The van der Waals surface area contributed by atoms with Crippen LogP contribution in [0.4, 0.5) is 0 Å². The summed E-state index contributed by atoms with van der Waals surface area (Å²) in [6, 6.07) is 9.40. The van der Waals surface area contributed by atoms with Crippen LogP contribution in [0, 0.1) is 13.8 Å². The monoisotopic (exact) mass is 347 g/mol. The predicted molar refractivity (Wildman–Crippen MR) is 99.5 cm³/mol. The number of aryl methyl sites for hydroxylation is 3. The van der Waals surface area contributed by atoms with E-state index in [0.29, 0.717) is 12.1 Å². The van der Waals surface area contributed by atoms with Crippen LogP contribution in [0.5, 0.6) is 0 Å². The Balaban J connectivity index is 1.77. The third kappa shape index (κ3) is 4.27. The normalized spacial score (nSPS) is 10.6. The summed E-state index contributed by atoms with van der Waals surface area (Å²) in [4.78, 5) is 29.8. The van der Waals surface area contributed by atoms with Crippen molar-refractivity contribution in [2.75, 3.05) is 0 Å². The molecule has 26 heavy (non-hydrogen) atoms. The first-order valence-corrected chi connectivity index (χ1v) is 8.56. The van der Waals surface area contributed by atoms with Gasteiger partial charge in [0.2, 0.25) is 0 Å². The summed E-state index contributed by atoms with van der Waals surface area (Å²) in [5, 5.41) is 2.87. The largest absolute Gasteiger partial charge is 0.346 e. The maximum absolute atomic E-state index is 12.5. The number of nitrogens with zero attached hydrogens (tertiary/aromatic N) is 4. The van der Waals surface area contributed by atoms with Crippen molar-refractivity contribution >= 4 is 5.91 Å².